The van der Waals surface area contributed by atoms with Crippen LogP contribution in [0.4, 0.5) is 0 Å². The van der Waals surface area contributed by atoms with Gasteiger partial charge >= 0.3 is 0 Å². The van der Waals surface area contributed by atoms with E-state index >= 15 is 0 Å². The molecular weight excluding hydrogens is 507 g/mol. The zero-order valence-electron chi connectivity index (χ0n) is 16.9. The fraction of sp³-hybridized carbons (Fsp3) is 0.421. The standard InChI is InChI=1S/C19H28N4O2S2.HI/c1-14-10-11-16(26-14)13-22-18(20-5)21-12-15-8-6-7-9-17(15)27(24,25)23-19(2,3)4;/h6-11,23H,12-13H2,1-5H3,(H2,20,21,22);1H. The van der Waals surface area contributed by atoms with Crippen molar-refractivity contribution in [3.8, 4) is 0 Å². The monoisotopic (exact) mass is 536 g/mol. The Morgan fingerprint density at radius 3 is 2.29 bits per heavy atom. The van der Waals surface area contributed by atoms with Crippen LogP contribution < -0.4 is 15.4 Å². The van der Waals surface area contributed by atoms with Gasteiger partial charge in [0.2, 0.25) is 10.0 Å². The molecule has 0 aliphatic heterocycles. The summed E-state index contributed by atoms with van der Waals surface area (Å²) in [5, 5.41) is 6.44. The van der Waals surface area contributed by atoms with Gasteiger partial charge in [-0.1, -0.05) is 18.2 Å². The molecule has 3 N–H and O–H groups in total. The average molecular weight is 537 g/mol. The van der Waals surface area contributed by atoms with Gasteiger partial charge in [0.05, 0.1) is 11.4 Å². The molecule has 0 radical (unpaired) electrons. The fourth-order valence-corrected chi connectivity index (χ4v) is 5.01. The molecule has 9 heteroatoms. The minimum atomic E-state index is -3.60. The Hall–Kier alpha value is -1.17. The maximum absolute atomic E-state index is 12.7. The third-order valence-electron chi connectivity index (χ3n) is 3.60. The van der Waals surface area contributed by atoms with Crippen LogP contribution in [0.2, 0.25) is 0 Å². The summed E-state index contributed by atoms with van der Waals surface area (Å²) >= 11 is 1.73. The molecule has 156 valence electrons. The largest absolute Gasteiger partial charge is 0.352 e. The highest BCUT2D eigenvalue weighted by Gasteiger charge is 2.24. The SMILES string of the molecule is CN=C(NCc1ccc(C)s1)NCc1ccccc1S(=O)(=O)NC(C)(C)C.I. The van der Waals surface area contributed by atoms with Crippen molar-refractivity contribution in [3.63, 3.8) is 0 Å². The highest BCUT2D eigenvalue weighted by atomic mass is 127. The summed E-state index contributed by atoms with van der Waals surface area (Å²) in [6, 6.07) is 11.2. The second kappa shape index (κ2) is 10.6. The smallest absolute Gasteiger partial charge is 0.241 e. The van der Waals surface area contributed by atoms with E-state index in [0.717, 1.165) is 0 Å². The number of nitrogens with one attached hydrogen (secondary N) is 3. The number of hydrogen-bond acceptors (Lipinski definition) is 4. The molecule has 28 heavy (non-hydrogen) atoms. The van der Waals surface area contributed by atoms with Crippen LogP contribution in [0.5, 0.6) is 0 Å². The van der Waals surface area contributed by atoms with E-state index in [-0.39, 0.29) is 28.9 Å². The van der Waals surface area contributed by atoms with E-state index in [9.17, 15) is 8.42 Å². The molecule has 0 bridgehead atoms. The summed E-state index contributed by atoms with van der Waals surface area (Å²) in [7, 11) is -1.91. The van der Waals surface area contributed by atoms with Crippen LogP contribution in [-0.4, -0.2) is 27.0 Å². The lowest BCUT2D eigenvalue weighted by Gasteiger charge is -2.22. The fourth-order valence-electron chi connectivity index (χ4n) is 2.52. The van der Waals surface area contributed by atoms with Crippen LogP contribution in [0.3, 0.4) is 0 Å². The molecule has 0 unspecified atom stereocenters. The van der Waals surface area contributed by atoms with Crippen molar-refractivity contribution in [2.75, 3.05) is 7.05 Å². The van der Waals surface area contributed by atoms with Gasteiger partial charge in [-0.15, -0.1) is 35.3 Å². The van der Waals surface area contributed by atoms with Crippen LogP contribution in [0, 0.1) is 6.92 Å². The van der Waals surface area contributed by atoms with Crippen molar-refractivity contribution in [1.29, 1.82) is 0 Å². The number of thiophene rings is 1. The molecule has 2 rings (SSSR count). The number of nitrogens with zero attached hydrogens (tertiary/aromatic N) is 1. The molecule has 0 fully saturated rings. The predicted octanol–water partition coefficient (Wildman–Crippen LogP) is 3.62. The summed E-state index contributed by atoms with van der Waals surface area (Å²) in [6.45, 7) is 8.56. The van der Waals surface area contributed by atoms with Gasteiger partial charge in [-0.3, -0.25) is 4.99 Å². The van der Waals surface area contributed by atoms with E-state index in [1.54, 1.807) is 36.6 Å². The van der Waals surface area contributed by atoms with Gasteiger partial charge in [0.1, 0.15) is 0 Å². The molecule has 0 saturated heterocycles. The molecule has 0 spiro atoms. The van der Waals surface area contributed by atoms with Crippen LogP contribution >= 0.6 is 35.3 Å². The molecule has 1 aromatic carbocycles. The number of guanidine groups is 1. The van der Waals surface area contributed by atoms with Crippen molar-refractivity contribution in [2.45, 2.75) is 51.2 Å². The van der Waals surface area contributed by atoms with Crippen molar-refractivity contribution >= 4 is 51.3 Å². The summed E-state index contributed by atoms with van der Waals surface area (Å²) in [4.78, 5) is 6.96. The van der Waals surface area contributed by atoms with Crippen LogP contribution in [0.1, 0.15) is 36.1 Å². The van der Waals surface area contributed by atoms with E-state index < -0.39 is 15.6 Å². The van der Waals surface area contributed by atoms with Crippen molar-refractivity contribution in [3.05, 3.63) is 51.7 Å². The molecule has 0 aliphatic rings. The quantitative estimate of drug-likeness (QED) is 0.299. The Labute approximate surface area is 189 Å². The van der Waals surface area contributed by atoms with Crippen molar-refractivity contribution in [2.24, 2.45) is 4.99 Å². The molecule has 0 atom stereocenters. The molecular formula is C19H29IN4O2S2. The van der Waals surface area contributed by atoms with Gasteiger partial charge < -0.3 is 10.6 Å². The number of aliphatic imine (C=N–C) groups is 1. The second-order valence-corrected chi connectivity index (χ2v) is 10.3. The first-order chi connectivity index (χ1) is 12.6. The summed E-state index contributed by atoms with van der Waals surface area (Å²) in [6.07, 6.45) is 0. The Kier molecular flexibility index (Phi) is 9.38. The average Bonchev–Trinajstić information content (AvgIpc) is 2.98. The number of benzene rings is 1. The lowest BCUT2D eigenvalue weighted by atomic mass is 10.1. The van der Waals surface area contributed by atoms with E-state index in [0.29, 0.717) is 24.6 Å². The molecule has 0 aliphatic carbocycles. The first-order valence-corrected chi connectivity index (χ1v) is 11.0. The first-order valence-electron chi connectivity index (χ1n) is 8.72. The Morgan fingerprint density at radius 1 is 1.07 bits per heavy atom. The lowest BCUT2D eigenvalue weighted by Crippen LogP contribution is -2.41. The van der Waals surface area contributed by atoms with Gasteiger partial charge in [-0.2, -0.15) is 0 Å². The van der Waals surface area contributed by atoms with E-state index in [2.05, 4.69) is 39.4 Å². The number of aryl methyl sites for hydroxylation is 1. The number of halogens is 1. The van der Waals surface area contributed by atoms with Crippen LogP contribution in [-0.2, 0) is 23.1 Å². The maximum Gasteiger partial charge on any atom is 0.241 e. The highest BCUT2D eigenvalue weighted by molar-refractivity contribution is 14.0. The third-order valence-corrected chi connectivity index (χ3v) is 6.46. The zero-order valence-corrected chi connectivity index (χ0v) is 20.8. The van der Waals surface area contributed by atoms with Crippen LogP contribution in [0.15, 0.2) is 46.3 Å². The molecule has 1 heterocycles. The Balaban J connectivity index is 0.00000392. The molecule has 0 amide bonds. The topological polar surface area (TPSA) is 82.6 Å². The summed E-state index contributed by atoms with van der Waals surface area (Å²) < 4.78 is 28.1. The molecule has 6 nitrogen and oxygen atoms in total. The number of rotatable bonds is 6. The van der Waals surface area contributed by atoms with Gasteiger partial charge in [0.15, 0.2) is 5.96 Å². The van der Waals surface area contributed by atoms with E-state index in [4.69, 9.17) is 0 Å². The van der Waals surface area contributed by atoms with E-state index in [1.807, 2.05) is 26.8 Å². The Bertz CT molecular complexity index is 903. The summed E-state index contributed by atoms with van der Waals surface area (Å²) in [5.41, 5.74) is 0.139. The predicted molar refractivity (Wildman–Crippen MR) is 128 cm³/mol. The molecule has 2 aromatic rings. The minimum Gasteiger partial charge on any atom is -0.352 e. The third kappa shape index (κ3) is 7.69. The maximum atomic E-state index is 12.7. The van der Waals surface area contributed by atoms with Crippen molar-refractivity contribution in [1.82, 2.24) is 15.4 Å². The van der Waals surface area contributed by atoms with Gasteiger partial charge in [-0.25, -0.2) is 13.1 Å². The molecule has 0 saturated carbocycles. The zero-order chi connectivity index (χ0) is 20.1. The van der Waals surface area contributed by atoms with Crippen molar-refractivity contribution < 1.29 is 8.42 Å². The lowest BCUT2D eigenvalue weighted by molar-refractivity contribution is 0.491. The second-order valence-electron chi connectivity index (χ2n) is 7.25. The first kappa shape index (κ1) is 24.9. The number of hydrogen-bond donors (Lipinski definition) is 3. The van der Waals surface area contributed by atoms with Gasteiger partial charge in [0, 0.05) is 28.9 Å². The highest BCUT2D eigenvalue weighted by Crippen LogP contribution is 2.18. The van der Waals surface area contributed by atoms with E-state index in [1.165, 1.54) is 9.75 Å². The molecule has 1 aromatic heterocycles. The number of sulfonamides is 1. The minimum absolute atomic E-state index is 0. The van der Waals surface area contributed by atoms with Gasteiger partial charge in [-0.05, 0) is 51.5 Å². The normalized spacial score (nSPS) is 12.4. The van der Waals surface area contributed by atoms with Gasteiger partial charge in [0.25, 0.3) is 0 Å². The van der Waals surface area contributed by atoms with Crippen LogP contribution in [0.25, 0.3) is 0 Å². The summed E-state index contributed by atoms with van der Waals surface area (Å²) in [5.74, 6) is 0.622. The Morgan fingerprint density at radius 2 is 1.71 bits per heavy atom.